The van der Waals surface area contributed by atoms with E-state index in [1.165, 1.54) is 16.8 Å². The monoisotopic (exact) mass is 211 g/mol. The minimum Gasteiger partial charge on any atom is -0.382 e. The highest BCUT2D eigenvalue weighted by Crippen LogP contribution is 2.31. The SMILES string of the molecule is C=C/C=C1/CC(Nc2ccccc2)CC1=C. The van der Waals surface area contributed by atoms with Gasteiger partial charge in [-0.05, 0) is 36.1 Å². The second-order valence-corrected chi connectivity index (χ2v) is 4.15. The zero-order valence-electron chi connectivity index (χ0n) is 9.45. The molecule has 1 nitrogen and oxygen atoms in total. The van der Waals surface area contributed by atoms with Crippen molar-refractivity contribution in [3.8, 4) is 0 Å². The van der Waals surface area contributed by atoms with Gasteiger partial charge in [0.05, 0.1) is 0 Å². The number of nitrogens with one attached hydrogen (secondary N) is 1. The maximum atomic E-state index is 4.09. The van der Waals surface area contributed by atoms with Gasteiger partial charge in [-0.3, -0.25) is 0 Å². The molecule has 2 rings (SSSR count). The Hall–Kier alpha value is -1.76. The molecule has 1 fully saturated rings. The Labute approximate surface area is 97.2 Å². The molecule has 0 radical (unpaired) electrons. The molecule has 0 amide bonds. The minimum absolute atomic E-state index is 0.473. The van der Waals surface area contributed by atoms with Crippen LogP contribution in [0.2, 0.25) is 0 Å². The van der Waals surface area contributed by atoms with E-state index >= 15 is 0 Å². The van der Waals surface area contributed by atoms with Crippen molar-refractivity contribution in [3.63, 3.8) is 0 Å². The van der Waals surface area contributed by atoms with Gasteiger partial charge in [0, 0.05) is 11.7 Å². The average Bonchev–Trinajstić information content (AvgIpc) is 2.61. The highest BCUT2D eigenvalue weighted by molar-refractivity contribution is 5.47. The van der Waals surface area contributed by atoms with Crippen LogP contribution in [0.4, 0.5) is 5.69 Å². The van der Waals surface area contributed by atoms with Crippen molar-refractivity contribution in [2.75, 3.05) is 5.32 Å². The van der Waals surface area contributed by atoms with E-state index in [2.05, 4.69) is 36.7 Å². The number of para-hydroxylation sites is 1. The van der Waals surface area contributed by atoms with Gasteiger partial charge < -0.3 is 5.32 Å². The van der Waals surface area contributed by atoms with E-state index in [1.54, 1.807) is 0 Å². The molecule has 82 valence electrons. The lowest BCUT2D eigenvalue weighted by Crippen LogP contribution is -2.14. The zero-order chi connectivity index (χ0) is 11.4. The number of hydrogen-bond donors (Lipinski definition) is 1. The number of benzene rings is 1. The molecule has 1 aliphatic rings. The third-order valence-electron chi connectivity index (χ3n) is 2.88. The fourth-order valence-corrected chi connectivity index (χ4v) is 2.11. The average molecular weight is 211 g/mol. The third kappa shape index (κ3) is 2.43. The molecule has 1 aromatic carbocycles. The summed E-state index contributed by atoms with van der Waals surface area (Å²) in [5.74, 6) is 0. The molecule has 1 atom stereocenters. The van der Waals surface area contributed by atoms with E-state index in [4.69, 9.17) is 0 Å². The Balaban J connectivity index is 2.02. The molecule has 0 spiro atoms. The standard InChI is InChI=1S/C15H17N/c1-3-7-13-11-15(10-12(13)2)16-14-8-5-4-6-9-14/h3-9,15-16H,1-2,10-11H2/b13-7-. The highest BCUT2D eigenvalue weighted by atomic mass is 14.9. The van der Waals surface area contributed by atoms with Crippen LogP contribution in [0, 0.1) is 0 Å². The van der Waals surface area contributed by atoms with Crippen molar-refractivity contribution in [2.24, 2.45) is 0 Å². The predicted molar refractivity (Wildman–Crippen MR) is 70.5 cm³/mol. The normalized spacial score (nSPS) is 22.4. The first-order valence-electron chi connectivity index (χ1n) is 5.61. The fourth-order valence-electron chi connectivity index (χ4n) is 2.11. The Morgan fingerprint density at radius 3 is 2.62 bits per heavy atom. The minimum atomic E-state index is 0.473. The van der Waals surface area contributed by atoms with Gasteiger partial charge in [0.1, 0.15) is 0 Å². The van der Waals surface area contributed by atoms with Crippen molar-refractivity contribution in [2.45, 2.75) is 18.9 Å². The Kier molecular flexibility index (Phi) is 3.25. The maximum absolute atomic E-state index is 4.09. The summed E-state index contributed by atoms with van der Waals surface area (Å²) in [6, 6.07) is 10.8. The van der Waals surface area contributed by atoms with Gasteiger partial charge in [-0.2, -0.15) is 0 Å². The van der Waals surface area contributed by atoms with Crippen LogP contribution < -0.4 is 5.32 Å². The molecule has 0 bridgehead atoms. The van der Waals surface area contributed by atoms with E-state index in [9.17, 15) is 0 Å². The van der Waals surface area contributed by atoms with E-state index in [0.717, 1.165) is 12.8 Å². The topological polar surface area (TPSA) is 12.0 Å². The molecule has 1 saturated carbocycles. The van der Waals surface area contributed by atoms with Gasteiger partial charge in [0.25, 0.3) is 0 Å². The Morgan fingerprint density at radius 2 is 1.94 bits per heavy atom. The van der Waals surface area contributed by atoms with Crippen LogP contribution in [0.3, 0.4) is 0 Å². The van der Waals surface area contributed by atoms with Crippen molar-refractivity contribution in [1.82, 2.24) is 0 Å². The molecule has 0 saturated heterocycles. The first-order valence-corrected chi connectivity index (χ1v) is 5.61. The Bertz CT molecular complexity index is 414. The molecular weight excluding hydrogens is 194 g/mol. The summed E-state index contributed by atoms with van der Waals surface area (Å²) in [6.07, 6.45) is 5.97. The molecule has 0 heterocycles. The van der Waals surface area contributed by atoms with Crippen LogP contribution in [0.15, 0.2) is 66.8 Å². The summed E-state index contributed by atoms with van der Waals surface area (Å²) in [5, 5.41) is 3.52. The second-order valence-electron chi connectivity index (χ2n) is 4.15. The molecule has 1 N–H and O–H groups in total. The van der Waals surface area contributed by atoms with Gasteiger partial charge in [-0.1, -0.05) is 43.5 Å². The van der Waals surface area contributed by atoms with Gasteiger partial charge in [0.2, 0.25) is 0 Å². The van der Waals surface area contributed by atoms with Crippen LogP contribution in [0.5, 0.6) is 0 Å². The number of hydrogen-bond acceptors (Lipinski definition) is 1. The quantitative estimate of drug-likeness (QED) is 0.798. The number of rotatable bonds is 3. The summed E-state index contributed by atoms with van der Waals surface area (Å²) < 4.78 is 0. The summed E-state index contributed by atoms with van der Waals surface area (Å²) in [4.78, 5) is 0. The van der Waals surface area contributed by atoms with Crippen LogP contribution >= 0.6 is 0 Å². The first-order chi connectivity index (χ1) is 7.79. The van der Waals surface area contributed by atoms with Crippen LogP contribution in [0.1, 0.15) is 12.8 Å². The van der Waals surface area contributed by atoms with Gasteiger partial charge in [-0.15, -0.1) is 0 Å². The van der Waals surface area contributed by atoms with Gasteiger partial charge in [0.15, 0.2) is 0 Å². The van der Waals surface area contributed by atoms with E-state index in [1.807, 2.05) is 24.3 Å². The van der Waals surface area contributed by atoms with E-state index in [0.29, 0.717) is 6.04 Å². The van der Waals surface area contributed by atoms with Crippen LogP contribution in [-0.2, 0) is 0 Å². The summed E-state index contributed by atoms with van der Waals surface area (Å²) in [7, 11) is 0. The van der Waals surface area contributed by atoms with Gasteiger partial charge in [-0.25, -0.2) is 0 Å². The molecular formula is C15H17N. The number of anilines is 1. The fraction of sp³-hybridized carbons (Fsp3) is 0.200. The molecule has 16 heavy (non-hydrogen) atoms. The molecule has 0 aliphatic heterocycles. The molecule has 1 heteroatoms. The lowest BCUT2D eigenvalue weighted by Gasteiger charge is -2.12. The first kappa shape index (κ1) is 10.7. The van der Waals surface area contributed by atoms with Gasteiger partial charge >= 0.3 is 0 Å². The maximum Gasteiger partial charge on any atom is 0.0342 e. The number of allylic oxidation sites excluding steroid dienone is 2. The molecule has 1 unspecified atom stereocenters. The van der Waals surface area contributed by atoms with Crippen molar-refractivity contribution in [1.29, 1.82) is 0 Å². The summed E-state index contributed by atoms with van der Waals surface area (Å²) in [5.41, 5.74) is 3.73. The van der Waals surface area contributed by atoms with Crippen LogP contribution in [-0.4, -0.2) is 6.04 Å². The summed E-state index contributed by atoms with van der Waals surface area (Å²) >= 11 is 0. The van der Waals surface area contributed by atoms with Crippen LogP contribution in [0.25, 0.3) is 0 Å². The molecule has 0 aromatic heterocycles. The highest BCUT2D eigenvalue weighted by Gasteiger charge is 2.21. The molecule has 1 aliphatic carbocycles. The lowest BCUT2D eigenvalue weighted by atomic mass is 10.1. The van der Waals surface area contributed by atoms with Crippen molar-refractivity contribution in [3.05, 3.63) is 66.8 Å². The Morgan fingerprint density at radius 1 is 1.19 bits per heavy atom. The third-order valence-corrected chi connectivity index (χ3v) is 2.88. The summed E-state index contributed by atoms with van der Waals surface area (Å²) in [6.45, 7) is 7.82. The second kappa shape index (κ2) is 4.84. The predicted octanol–water partition coefficient (Wildman–Crippen LogP) is 3.93. The van der Waals surface area contributed by atoms with E-state index in [-0.39, 0.29) is 0 Å². The van der Waals surface area contributed by atoms with Crippen molar-refractivity contribution < 1.29 is 0 Å². The largest absolute Gasteiger partial charge is 0.382 e. The van der Waals surface area contributed by atoms with E-state index < -0.39 is 0 Å². The zero-order valence-corrected chi connectivity index (χ0v) is 9.45. The van der Waals surface area contributed by atoms with Crippen molar-refractivity contribution >= 4 is 5.69 Å². The smallest absolute Gasteiger partial charge is 0.0342 e. The molecule has 1 aromatic rings. The lowest BCUT2D eigenvalue weighted by molar-refractivity contribution is 0.790.